The Morgan fingerprint density at radius 1 is 1.00 bits per heavy atom. The number of hydrogen-bond acceptors (Lipinski definition) is 7. The van der Waals surface area contributed by atoms with E-state index >= 15 is 0 Å². The van der Waals surface area contributed by atoms with Crippen molar-refractivity contribution in [2.45, 2.75) is 83.0 Å². The number of benzene rings is 1. The van der Waals surface area contributed by atoms with E-state index in [1.807, 2.05) is 24.3 Å². The van der Waals surface area contributed by atoms with Crippen LogP contribution in [0.5, 0.6) is 5.75 Å². The Kier molecular flexibility index (Phi) is 6.83. The van der Waals surface area contributed by atoms with Crippen molar-refractivity contribution < 1.29 is 14.2 Å². The molecule has 4 fully saturated rings. The highest BCUT2D eigenvalue weighted by molar-refractivity contribution is 5.89. The largest absolute Gasteiger partial charge is 0.494 e. The molecule has 0 aromatic heterocycles. The third-order valence-corrected chi connectivity index (χ3v) is 7.77. The number of rotatable bonds is 9. The Hall–Kier alpha value is -3.08. The summed E-state index contributed by atoms with van der Waals surface area (Å²) in [6, 6.07) is 13.8. The smallest absolute Gasteiger partial charge is 0.218 e. The van der Waals surface area contributed by atoms with Crippen LogP contribution in [0.2, 0.25) is 0 Å². The molecule has 34 heavy (non-hydrogen) atoms. The topological polar surface area (TPSA) is 123 Å². The van der Waals surface area contributed by atoms with Gasteiger partial charge in [0, 0.05) is 6.42 Å². The van der Waals surface area contributed by atoms with E-state index < -0.39 is 28.6 Å². The van der Waals surface area contributed by atoms with E-state index in [0.717, 1.165) is 31.4 Å². The maximum atomic E-state index is 10.4. The van der Waals surface area contributed by atoms with Gasteiger partial charge < -0.3 is 14.2 Å². The fourth-order valence-electron chi connectivity index (χ4n) is 5.95. The van der Waals surface area contributed by atoms with Crippen molar-refractivity contribution in [3.05, 3.63) is 29.8 Å². The van der Waals surface area contributed by atoms with Crippen molar-refractivity contribution in [3.63, 3.8) is 0 Å². The minimum atomic E-state index is -1.83. The number of ether oxygens (including phenoxy) is 3. The first-order chi connectivity index (χ1) is 16.5. The highest BCUT2D eigenvalue weighted by Gasteiger charge is 2.80. The van der Waals surface area contributed by atoms with E-state index in [1.54, 1.807) is 0 Å². The second-order valence-electron chi connectivity index (χ2n) is 9.68. The summed E-state index contributed by atoms with van der Waals surface area (Å²) in [6.07, 6.45) is 8.88. The lowest BCUT2D eigenvalue weighted by atomic mass is 9.48. The number of unbranched alkanes of at least 4 members (excludes halogenated alkanes) is 5. The first kappa shape index (κ1) is 24.1. The quantitative estimate of drug-likeness (QED) is 0.455. The lowest BCUT2D eigenvalue weighted by molar-refractivity contribution is -0.360. The fourth-order valence-corrected chi connectivity index (χ4v) is 5.95. The van der Waals surface area contributed by atoms with Crippen molar-refractivity contribution in [1.29, 1.82) is 21.2 Å². The van der Waals surface area contributed by atoms with Crippen molar-refractivity contribution in [2.75, 3.05) is 6.61 Å². The maximum Gasteiger partial charge on any atom is 0.218 e. The minimum absolute atomic E-state index is 0.337. The number of nitrogens with zero attached hydrogens (tertiary/aromatic N) is 3. The van der Waals surface area contributed by atoms with Crippen molar-refractivity contribution in [2.24, 2.45) is 16.7 Å². The minimum Gasteiger partial charge on any atom is -0.494 e. The van der Waals surface area contributed by atoms with Crippen LogP contribution in [0.25, 0.3) is 0 Å². The number of nitriles is 3. The van der Waals surface area contributed by atoms with Crippen LogP contribution in [0.4, 0.5) is 0 Å². The first-order valence-corrected chi connectivity index (χ1v) is 12.5. The van der Waals surface area contributed by atoms with Gasteiger partial charge >= 0.3 is 0 Å². The molecule has 1 saturated carbocycles. The Labute approximate surface area is 201 Å². The summed E-state index contributed by atoms with van der Waals surface area (Å²) in [4.78, 5) is 0. The van der Waals surface area contributed by atoms with Crippen LogP contribution in [0, 0.1) is 56.2 Å². The molecule has 3 aliphatic heterocycles. The normalized spacial score (nSPS) is 30.8. The van der Waals surface area contributed by atoms with Crippen LogP contribution in [-0.2, 0) is 9.47 Å². The van der Waals surface area contributed by atoms with Gasteiger partial charge in [0.2, 0.25) is 11.7 Å². The molecule has 178 valence electrons. The third-order valence-electron chi connectivity index (χ3n) is 7.77. The van der Waals surface area contributed by atoms with Crippen LogP contribution in [0.15, 0.2) is 24.3 Å². The second kappa shape index (κ2) is 9.65. The van der Waals surface area contributed by atoms with E-state index in [4.69, 9.17) is 19.6 Å². The number of fused-ring (bicyclic) bond motifs is 2. The average molecular weight is 461 g/mol. The molecule has 4 aliphatic rings. The van der Waals surface area contributed by atoms with Crippen LogP contribution in [-0.4, -0.2) is 18.3 Å². The zero-order valence-electron chi connectivity index (χ0n) is 19.8. The zero-order valence-corrected chi connectivity index (χ0v) is 19.8. The standard InChI is InChI=1S/C27H32N4O3/c1-2-3-4-5-6-9-16-32-21-13-11-20(12-14-21)23-26(19-30)24(31)34-27(33-23)15-8-7-10-22(27)25(26,17-28)18-29/h11-14,22-23,31H,2-10,15-16H2,1H3/t22-,23-,26-,27+/m1/s1. The summed E-state index contributed by atoms with van der Waals surface area (Å²) in [5, 5.41) is 39.5. The van der Waals surface area contributed by atoms with Gasteiger partial charge in [-0.05, 0) is 37.0 Å². The lowest BCUT2D eigenvalue weighted by Gasteiger charge is -2.63. The lowest BCUT2D eigenvalue weighted by Crippen LogP contribution is -2.73. The van der Waals surface area contributed by atoms with E-state index in [-0.39, 0.29) is 5.90 Å². The van der Waals surface area contributed by atoms with E-state index in [0.29, 0.717) is 25.0 Å². The summed E-state index contributed by atoms with van der Waals surface area (Å²) in [7, 11) is 0. The van der Waals surface area contributed by atoms with Gasteiger partial charge in [-0.2, -0.15) is 15.8 Å². The monoisotopic (exact) mass is 460 g/mol. The van der Waals surface area contributed by atoms with E-state index in [1.165, 1.54) is 25.7 Å². The summed E-state index contributed by atoms with van der Waals surface area (Å²) >= 11 is 0. The SMILES string of the molecule is CCCCCCCCOc1ccc([C@H]2O[C@]34CCCC[C@@H]3C(C#N)(C#N)[C@@]2(C#N)C(=N)O4)cc1. The van der Waals surface area contributed by atoms with Gasteiger partial charge in [-0.25, -0.2) is 0 Å². The molecule has 7 nitrogen and oxygen atoms in total. The summed E-state index contributed by atoms with van der Waals surface area (Å²) in [5.41, 5.74) is -2.91. The van der Waals surface area contributed by atoms with Crippen LogP contribution in [0.3, 0.4) is 0 Å². The molecule has 1 aromatic carbocycles. The zero-order chi connectivity index (χ0) is 24.2. The third kappa shape index (κ3) is 3.53. The molecule has 1 spiro atoms. The Bertz CT molecular complexity index is 1020. The fraction of sp³-hybridized carbons (Fsp3) is 0.630. The second-order valence-corrected chi connectivity index (χ2v) is 9.68. The molecule has 1 aromatic rings. The Morgan fingerprint density at radius 2 is 1.71 bits per heavy atom. The summed E-state index contributed by atoms with van der Waals surface area (Å²) in [6.45, 7) is 2.85. The van der Waals surface area contributed by atoms with Crippen molar-refractivity contribution in [1.82, 2.24) is 0 Å². The maximum absolute atomic E-state index is 10.4. The Morgan fingerprint density at radius 3 is 2.38 bits per heavy atom. The predicted octanol–water partition coefficient (Wildman–Crippen LogP) is 5.93. The molecule has 0 unspecified atom stereocenters. The van der Waals surface area contributed by atoms with E-state index in [2.05, 4.69) is 25.1 Å². The van der Waals surface area contributed by atoms with Gasteiger partial charge in [0.05, 0.1) is 30.7 Å². The molecule has 3 saturated heterocycles. The summed E-state index contributed by atoms with van der Waals surface area (Å²) < 4.78 is 18.2. The molecule has 4 atom stereocenters. The van der Waals surface area contributed by atoms with Gasteiger partial charge in [0.15, 0.2) is 10.8 Å². The van der Waals surface area contributed by atoms with Crippen molar-refractivity contribution in [3.8, 4) is 24.0 Å². The molecule has 0 radical (unpaired) electrons. The highest BCUT2D eigenvalue weighted by Crippen LogP contribution is 2.69. The van der Waals surface area contributed by atoms with Crippen LogP contribution < -0.4 is 4.74 Å². The molecule has 1 N–H and O–H groups in total. The van der Waals surface area contributed by atoms with Gasteiger partial charge in [-0.3, -0.25) is 5.41 Å². The van der Waals surface area contributed by atoms with Crippen LogP contribution in [0.1, 0.15) is 82.8 Å². The average Bonchev–Trinajstić information content (AvgIpc) is 2.87. The molecular weight excluding hydrogens is 428 g/mol. The number of nitrogens with one attached hydrogen (secondary N) is 1. The number of hydrogen-bond donors (Lipinski definition) is 1. The predicted molar refractivity (Wildman–Crippen MR) is 124 cm³/mol. The Balaban J connectivity index is 1.56. The van der Waals surface area contributed by atoms with Gasteiger partial charge in [0.25, 0.3) is 0 Å². The van der Waals surface area contributed by atoms with E-state index in [9.17, 15) is 15.8 Å². The van der Waals surface area contributed by atoms with Gasteiger partial charge in [-0.15, -0.1) is 0 Å². The molecule has 3 heterocycles. The molecule has 0 amide bonds. The van der Waals surface area contributed by atoms with Gasteiger partial charge in [0.1, 0.15) is 11.9 Å². The summed E-state index contributed by atoms with van der Waals surface area (Å²) in [5.74, 6) is -1.42. The molecular formula is C27H32N4O3. The van der Waals surface area contributed by atoms with Crippen molar-refractivity contribution >= 4 is 5.90 Å². The highest BCUT2D eigenvalue weighted by atomic mass is 16.7. The van der Waals surface area contributed by atoms with Gasteiger partial charge in [-0.1, -0.05) is 57.6 Å². The first-order valence-electron chi connectivity index (χ1n) is 12.5. The molecule has 1 aliphatic carbocycles. The molecule has 5 rings (SSSR count). The van der Waals surface area contributed by atoms with Crippen LogP contribution >= 0.6 is 0 Å². The molecule has 2 bridgehead atoms. The molecule has 7 heteroatoms.